The highest BCUT2D eigenvalue weighted by molar-refractivity contribution is 6.36. The molecule has 0 aromatic heterocycles. The molecular formula is C10H10Cl3N. The molecule has 0 spiro atoms. The van der Waals surface area contributed by atoms with Gasteiger partial charge in [-0.05, 0) is 24.6 Å². The van der Waals surface area contributed by atoms with Crippen LogP contribution in [0.2, 0.25) is 5.02 Å². The van der Waals surface area contributed by atoms with Crippen molar-refractivity contribution in [3.63, 3.8) is 0 Å². The summed E-state index contributed by atoms with van der Waals surface area (Å²) >= 11 is 17.1. The van der Waals surface area contributed by atoms with Crippen molar-refractivity contribution in [3.05, 3.63) is 39.4 Å². The first-order chi connectivity index (χ1) is 6.63. The van der Waals surface area contributed by atoms with Crippen LogP contribution in [-0.2, 0) is 0 Å². The fraction of sp³-hybridized carbons (Fsp3) is 0.200. The summed E-state index contributed by atoms with van der Waals surface area (Å²) in [6.07, 6.45) is 0. The van der Waals surface area contributed by atoms with Crippen LogP contribution in [0, 0.1) is 6.92 Å². The highest BCUT2D eigenvalue weighted by atomic mass is 35.5. The van der Waals surface area contributed by atoms with Crippen molar-refractivity contribution < 1.29 is 0 Å². The molecule has 1 rings (SSSR count). The Morgan fingerprint density at radius 3 is 2.79 bits per heavy atom. The van der Waals surface area contributed by atoms with E-state index >= 15 is 0 Å². The van der Waals surface area contributed by atoms with E-state index in [0.29, 0.717) is 11.6 Å². The molecule has 1 aromatic carbocycles. The smallest absolute Gasteiger partial charge is 0.0516 e. The average Bonchev–Trinajstić information content (AvgIpc) is 2.19. The zero-order valence-corrected chi connectivity index (χ0v) is 9.92. The molecule has 0 radical (unpaired) electrons. The number of hydrogen-bond donors (Lipinski definition) is 1. The number of benzene rings is 1. The van der Waals surface area contributed by atoms with Gasteiger partial charge < -0.3 is 5.32 Å². The molecule has 1 aromatic rings. The van der Waals surface area contributed by atoms with Crippen LogP contribution < -0.4 is 5.32 Å². The fourth-order valence-corrected chi connectivity index (χ4v) is 1.25. The molecule has 0 saturated carbocycles. The van der Waals surface area contributed by atoms with E-state index in [2.05, 4.69) is 5.32 Å². The van der Waals surface area contributed by atoms with E-state index in [1.807, 2.05) is 25.1 Å². The molecule has 0 bridgehead atoms. The van der Waals surface area contributed by atoms with Gasteiger partial charge in [0.05, 0.1) is 6.54 Å². The van der Waals surface area contributed by atoms with E-state index in [9.17, 15) is 0 Å². The summed E-state index contributed by atoms with van der Waals surface area (Å²) in [5.74, 6) is 0. The van der Waals surface area contributed by atoms with Crippen LogP contribution in [0.1, 0.15) is 5.56 Å². The van der Waals surface area contributed by atoms with Gasteiger partial charge in [-0.3, -0.25) is 0 Å². The minimum Gasteiger partial charge on any atom is -0.380 e. The molecule has 0 aliphatic rings. The van der Waals surface area contributed by atoms with E-state index in [1.54, 1.807) is 0 Å². The first-order valence-electron chi connectivity index (χ1n) is 4.08. The molecule has 14 heavy (non-hydrogen) atoms. The molecule has 1 nitrogen and oxygen atoms in total. The quantitative estimate of drug-likeness (QED) is 0.839. The monoisotopic (exact) mass is 249 g/mol. The van der Waals surface area contributed by atoms with Crippen LogP contribution in [0.25, 0.3) is 0 Å². The SMILES string of the molecule is Cc1ccc(NCC(Cl)=CCl)cc1Cl. The van der Waals surface area contributed by atoms with E-state index in [4.69, 9.17) is 34.8 Å². The van der Waals surface area contributed by atoms with Gasteiger partial charge in [-0.15, -0.1) is 0 Å². The fourth-order valence-electron chi connectivity index (χ4n) is 0.928. The predicted octanol–water partition coefficient (Wildman–Crippen LogP) is 4.38. The standard InChI is InChI=1S/C10H10Cl3N/c1-7-2-3-9(4-10(7)13)14-6-8(12)5-11/h2-5,14H,6H2,1H3. The van der Waals surface area contributed by atoms with Gasteiger partial charge in [-0.1, -0.05) is 40.9 Å². The highest BCUT2D eigenvalue weighted by Crippen LogP contribution is 2.20. The van der Waals surface area contributed by atoms with Gasteiger partial charge in [0.25, 0.3) is 0 Å². The van der Waals surface area contributed by atoms with Crippen LogP contribution in [-0.4, -0.2) is 6.54 Å². The van der Waals surface area contributed by atoms with Gasteiger partial charge in [-0.2, -0.15) is 0 Å². The molecule has 0 atom stereocenters. The van der Waals surface area contributed by atoms with Gasteiger partial charge in [0.15, 0.2) is 0 Å². The van der Waals surface area contributed by atoms with Gasteiger partial charge in [0.2, 0.25) is 0 Å². The van der Waals surface area contributed by atoms with Crippen molar-refractivity contribution in [2.24, 2.45) is 0 Å². The number of halogens is 3. The number of hydrogen-bond acceptors (Lipinski definition) is 1. The Kier molecular flexibility index (Phi) is 4.59. The van der Waals surface area contributed by atoms with Crippen molar-refractivity contribution in [2.75, 3.05) is 11.9 Å². The van der Waals surface area contributed by atoms with Crippen molar-refractivity contribution in [1.82, 2.24) is 0 Å². The Labute approximate surface area is 98.7 Å². The molecule has 0 fully saturated rings. The Balaban J connectivity index is 2.64. The van der Waals surface area contributed by atoms with Crippen molar-refractivity contribution >= 4 is 40.5 Å². The second-order valence-electron chi connectivity index (χ2n) is 2.87. The molecule has 0 aliphatic carbocycles. The van der Waals surface area contributed by atoms with E-state index in [0.717, 1.165) is 16.3 Å². The molecule has 1 N–H and O–H groups in total. The second-order valence-corrected chi connectivity index (χ2v) is 3.98. The van der Waals surface area contributed by atoms with Crippen molar-refractivity contribution in [2.45, 2.75) is 6.92 Å². The topological polar surface area (TPSA) is 12.0 Å². The average molecular weight is 251 g/mol. The maximum atomic E-state index is 5.95. The highest BCUT2D eigenvalue weighted by Gasteiger charge is 1.97. The second kappa shape index (κ2) is 5.50. The Morgan fingerprint density at radius 2 is 2.21 bits per heavy atom. The lowest BCUT2D eigenvalue weighted by molar-refractivity contribution is 1.31. The zero-order chi connectivity index (χ0) is 10.6. The third kappa shape index (κ3) is 3.41. The Bertz CT molecular complexity index is 347. The summed E-state index contributed by atoms with van der Waals surface area (Å²) in [5.41, 5.74) is 3.32. The molecule has 0 saturated heterocycles. The molecule has 0 amide bonds. The van der Waals surface area contributed by atoms with E-state index in [1.165, 1.54) is 5.54 Å². The van der Waals surface area contributed by atoms with Crippen LogP contribution in [0.15, 0.2) is 28.8 Å². The lowest BCUT2D eigenvalue weighted by Gasteiger charge is -2.06. The molecule has 0 aliphatic heterocycles. The third-order valence-corrected chi connectivity index (χ3v) is 2.78. The summed E-state index contributed by atoms with van der Waals surface area (Å²) in [7, 11) is 0. The molecule has 76 valence electrons. The van der Waals surface area contributed by atoms with Gasteiger partial charge in [0.1, 0.15) is 0 Å². The molecule has 0 heterocycles. The summed E-state index contributed by atoms with van der Waals surface area (Å²) in [4.78, 5) is 0. The lowest BCUT2D eigenvalue weighted by Crippen LogP contribution is -2.00. The molecular weight excluding hydrogens is 240 g/mol. The maximum absolute atomic E-state index is 5.95. The summed E-state index contributed by atoms with van der Waals surface area (Å²) < 4.78 is 0. The number of nitrogens with one attached hydrogen (secondary N) is 1. The predicted molar refractivity (Wildman–Crippen MR) is 64.5 cm³/mol. The largest absolute Gasteiger partial charge is 0.380 e. The summed E-state index contributed by atoms with van der Waals surface area (Å²) in [6, 6.07) is 5.75. The van der Waals surface area contributed by atoms with Crippen LogP contribution in [0.3, 0.4) is 0 Å². The van der Waals surface area contributed by atoms with Gasteiger partial charge >= 0.3 is 0 Å². The van der Waals surface area contributed by atoms with Crippen LogP contribution >= 0.6 is 34.8 Å². The lowest BCUT2D eigenvalue weighted by atomic mass is 10.2. The van der Waals surface area contributed by atoms with Gasteiger partial charge in [-0.25, -0.2) is 0 Å². The molecule has 4 heteroatoms. The van der Waals surface area contributed by atoms with Crippen LogP contribution in [0.5, 0.6) is 0 Å². The number of rotatable bonds is 3. The van der Waals surface area contributed by atoms with Crippen molar-refractivity contribution in [1.29, 1.82) is 0 Å². The van der Waals surface area contributed by atoms with E-state index < -0.39 is 0 Å². The number of anilines is 1. The zero-order valence-electron chi connectivity index (χ0n) is 7.65. The minimum absolute atomic E-state index is 0.504. The first-order valence-corrected chi connectivity index (χ1v) is 5.27. The van der Waals surface area contributed by atoms with Crippen molar-refractivity contribution in [3.8, 4) is 0 Å². The first kappa shape index (κ1) is 11.7. The minimum atomic E-state index is 0.504. The Hall–Kier alpha value is -0.370. The van der Waals surface area contributed by atoms with E-state index in [-0.39, 0.29) is 0 Å². The third-order valence-electron chi connectivity index (χ3n) is 1.75. The summed E-state index contributed by atoms with van der Waals surface area (Å²) in [6.45, 7) is 2.46. The maximum Gasteiger partial charge on any atom is 0.0516 e. The van der Waals surface area contributed by atoms with Gasteiger partial charge in [0, 0.05) is 21.3 Å². The number of aryl methyl sites for hydroxylation is 1. The van der Waals surface area contributed by atoms with Crippen LogP contribution in [0.4, 0.5) is 5.69 Å². The molecule has 0 unspecified atom stereocenters. The normalized spacial score (nSPS) is 11.6. The summed E-state index contributed by atoms with van der Waals surface area (Å²) in [5, 5.41) is 4.39. The Morgan fingerprint density at radius 1 is 1.50 bits per heavy atom.